The molecule has 0 spiro atoms. The molecule has 2 N–H and O–H groups in total. The van der Waals surface area contributed by atoms with Gasteiger partial charge in [-0.25, -0.2) is 4.79 Å². The minimum atomic E-state index is -0.723. The second kappa shape index (κ2) is 6.26. The summed E-state index contributed by atoms with van der Waals surface area (Å²) in [4.78, 5) is 24.4. The van der Waals surface area contributed by atoms with E-state index >= 15 is 0 Å². The first kappa shape index (κ1) is 14.2. The summed E-state index contributed by atoms with van der Waals surface area (Å²) in [6, 6.07) is 0.458. The van der Waals surface area contributed by atoms with Crippen LogP contribution < -0.4 is 5.32 Å². The minimum absolute atomic E-state index is 0.0673. The van der Waals surface area contributed by atoms with Crippen molar-refractivity contribution in [3.8, 4) is 0 Å². The number of piperidine rings is 1. The van der Waals surface area contributed by atoms with E-state index < -0.39 is 5.97 Å². The number of carboxylic acid groups (broad SMARTS) is 1. The molecule has 0 bridgehead atoms. The summed E-state index contributed by atoms with van der Waals surface area (Å²) in [5, 5.41) is 11.7. The number of urea groups is 1. The molecule has 1 heterocycles. The number of hydrogen-bond donors (Lipinski definition) is 2. The molecule has 1 aliphatic heterocycles. The number of amides is 2. The molecular weight excluding hydrogens is 244 g/mol. The van der Waals surface area contributed by atoms with Crippen molar-refractivity contribution >= 4 is 12.0 Å². The van der Waals surface area contributed by atoms with E-state index in [1.807, 2.05) is 4.90 Å². The zero-order valence-corrected chi connectivity index (χ0v) is 11.6. The Bertz CT molecular complexity index is 338. The molecule has 2 fully saturated rings. The van der Waals surface area contributed by atoms with Gasteiger partial charge in [0.1, 0.15) is 0 Å². The van der Waals surface area contributed by atoms with Crippen LogP contribution in [0.5, 0.6) is 0 Å². The largest absolute Gasteiger partial charge is 0.481 e. The molecule has 0 aromatic heterocycles. The fourth-order valence-electron chi connectivity index (χ4n) is 2.88. The number of carboxylic acids is 1. The molecule has 0 radical (unpaired) electrons. The van der Waals surface area contributed by atoms with Crippen LogP contribution in [0.3, 0.4) is 0 Å². The summed E-state index contributed by atoms with van der Waals surface area (Å²) in [7, 11) is 0. The molecule has 0 aromatic rings. The Morgan fingerprint density at radius 3 is 2.53 bits per heavy atom. The highest BCUT2D eigenvalue weighted by atomic mass is 16.4. The first-order valence-corrected chi connectivity index (χ1v) is 7.37. The molecule has 2 amide bonds. The van der Waals surface area contributed by atoms with Gasteiger partial charge in [-0.3, -0.25) is 4.79 Å². The van der Waals surface area contributed by atoms with Gasteiger partial charge in [-0.15, -0.1) is 0 Å². The van der Waals surface area contributed by atoms with E-state index in [0.717, 1.165) is 45.2 Å². The van der Waals surface area contributed by atoms with Crippen LogP contribution in [-0.4, -0.2) is 41.1 Å². The van der Waals surface area contributed by atoms with Crippen LogP contribution >= 0.6 is 0 Å². The average molecular weight is 268 g/mol. The quantitative estimate of drug-likeness (QED) is 0.802. The zero-order chi connectivity index (χ0) is 13.8. The normalized spacial score (nSPS) is 27.1. The summed E-state index contributed by atoms with van der Waals surface area (Å²) in [5.74, 6) is 0.418. The lowest BCUT2D eigenvalue weighted by Crippen LogP contribution is -2.45. The van der Waals surface area contributed by atoms with Gasteiger partial charge in [0.25, 0.3) is 0 Å². The summed E-state index contributed by atoms with van der Waals surface area (Å²) < 4.78 is 0. The first-order valence-electron chi connectivity index (χ1n) is 7.37. The Hall–Kier alpha value is -1.26. The summed E-state index contributed by atoms with van der Waals surface area (Å²) >= 11 is 0. The van der Waals surface area contributed by atoms with Crippen LogP contribution in [0.15, 0.2) is 0 Å². The van der Waals surface area contributed by atoms with Crippen LogP contribution in [0.25, 0.3) is 0 Å². The highest BCUT2D eigenvalue weighted by Gasteiger charge is 2.37. The van der Waals surface area contributed by atoms with E-state index in [0.29, 0.717) is 17.9 Å². The average Bonchev–Trinajstić information content (AvgIpc) is 3.15. The molecule has 1 saturated heterocycles. The van der Waals surface area contributed by atoms with Crippen LogP contribution in [-0.2, 0) is 4.79 Å². The third-order valence-electron chi connectivity index (χ3n) is 4.42. The van der Waals surface area contributed by atoms with E-state index in [2.05, 4.69) is 12.2 Å². The van der Waals surface area contributed by atoms with Gasteiger partial charge in [0.15, 0.2) is 0 Å². The third-order valence-corrected chi connectivity index (χ3v) is 4.42. The van der Waals surface area contributed by atoms with E-state index in [1.165, 1.54) is 0 Å². The van der Waals surface area contributed by atoms with Gasteiger partial charge in [0, 0.05) is 25.6 Å². The number of hydrogen-bond acceptors (Lipinski definition) is 2. The predicted octanol–water partition coefficient (Wildman–Crippen LogP) is 2.07. The summed E-state index contributed by atoms with van der Waals surface area (Å²) in [5.41, 5.74) is 0. The SMILES string of the molecule is CCC1CC1NC(=O)N1CCC(CCC(=O)O)CC1. The second-order valence-corrected chi connectivity index (χ2v) is 5.82. The molecule has 0 aromatic carbocycles. The molecule has 1 saturated carbocycles. The third kappa shape index (κ3) is 4.11. The van der Waals surface area contributed by atoms with E-state index in [4.69, 9.17) is 5.11 Å². The standard InChI is InChI=1S/C14H24N2O3/c1-2-11-9-12(11)15-14(19)16-7-5-10(6-8-16)3-4-13(17)18/h10-12H,2-9H2,1H3,(H,15,19)(H,17,18). The molecular formula is C14H24N2O3. The molecule has 2 rings (SSSR count). The number of carbonyl (C=O) groups excluding carboxylic acids is 1. The van der Waals surface area contributed by atoms with Crippen LogP contribution in [0, 0.1) is 11.8 Å². The fraction of sp³-hybridized carbons (Fsp3) is 0.857. The van der Waals surface area contributed by atoms with Gasteiger partial charge < -0.3 is 15.3 Å². The molecule has 2 aliphatic rings. The van der Waals surface area contributed by atoms with Crippen LogP contribution in [0.4, 0.5) is 4.79 Å². The number of nitrogens with one attached hydrogen (secondary N) is 1. The highest BCUT2D eigenvalue weighted by molar-refractivity contribution is 5.75. The Balaban J connectivity index is 1.65. The highest BCUT2D eigenvalue weighted by Crippen LogP contribution is 2.33. The number of likely N-dealkylation sites (tertiary alicyclic amines) is 1. The van der Waals surface area contributed by atoms with Crippen molar-refractivity contribution in [2.24, 2.45) is 11.8 Å². The minimum Gasteiger partial charge on any atom is -0.481 e. The van der Waals surface area contributed by atoms with Gasteiger partial charge in [-0.05, 0) is 37.5 Å². The molecule has 2 unspecified atom stereocenters. The lowest BCUT2D eigenvalue weighted by Gasteiger charge is -2.32. The second-order valence-electron chi connectivity index (χ2n) is 5.82. The first-order chi connectivity index (χ1) is 9.10. The van der Waals surface area contributed by atoms with Crippen LogP contribution in [0.1, 0.15) is 45.4 Å². The lowest BCUT2D eigenvalue weighted by atomic mass is 9.92. The van der Waals surface area contributed by atoms with Gasteiger partial charge in [0.05, 0.1) is 0 Å². The lowest BCUT2D eigenvalue weighted by molar-refractivity contribution is -0.137. The van der Waals surface area contributed by atoms with Crippen molar-refractivity contribution in [3.05, 3.63) is 0 Å². The molecule has 2 atom stereocenters. The summed E-state index contributed by atoms with van der Waals surface area (Å²) in [6.07, 6.45) is 5.12. The van der Waals surface area contributed by atoms with E-state index in [1.54, 1.807) is 0 Å². The number of rotatable bonds is 5. The maximum absolute atomic E-state index is 12.0. The smallest absolute Gasteiger partial charge is 0.317 e. The van der Waals surface area contributed by atoms with Gasteiger partial charge in [0.2, 0.25) is 0 Å². The predicted molar refractivity (Wildman–Crippen MR) is 71.9 cm³/mol. The number of carbonyl (C=O) groups is 2. The zero-order valence-electron chi connectivity index (χ0n) is 11.6. The van der Waals surface area contributed by atoms with Gasteiger partial charge in [-0.2, -0.15) is 0 Å². The van der Waals surface area contributed by atoms with Crippen molar-refractivity contribution < 1.29 is 14.7 Å². The number of aliphatic carboxylic acids is 1. The van der Waals surface area contributed by atoms with Crippen LogP contribution in [0.2, 0.25) is 0 Å². The van der Waals surface area contributed by atoms with Gasteiger partial charge in [-0.1, -0.05) is 13.3 Å². The molecule has 5 heteroatoms. The van der Waals surface area contributed by atoms with E-state index in [9.17, 15) is 9.59 Å². The fourth-order valence-corrected chi connectivity index (χ4v) is 2.88. The molecule has 108 valence electrons. The molecule has 5 nitrogen and oxygen atoms in total. The topological polar surface area (TPSA) is 69.6 Å². The molecule has 1 aliphatic carbocycles. The maximum atomic E-state index is 12.0. The maximum Gasteiger partial charge on any atom is 0.317 e. The summed E-state index contributed by atoms with van der Waals surface area (Å²) in [6.45, 7) is 3.68. The Labute approximate surface area is 114 Å². The van der Waals surface area contributed by atoms with Crippen molar-refractivity contribution in [3.63, 3.8) is 0 Å². The van der Waals surface area contributed by atoms with E-state index in [-0.39, 0.29) is 12.5 Å². The monoisotopic (exact) mass is 268 g/mol. The molecule has 19 heavy (non-hydrogen) atoms. The van der Waals surface area contributed by atoms with Crippen molar-refractivity contribution in [2.75, 3.05) is 13.1 Å². The van der Waals surface area contributed by atoms with Crippen molar-refractivity contribution in [2.45, 2.75) is 51.5 Å². The van der Waals surface area contributed by atoms with Crippen molar-refractivity contribution in [1.82, 2.24) is 10.2 Å². The Kier molecular flexibility index (Phi) is 4.66. The number of nitrogens with zero attached hydrogens (tertiary/aromatic N) is 1. The Morgan fingerprint density at radius 2 is 2.00 bits per heavy atom. The van der Waals surface area contributed by atoms with Gasteiger partial charge >= 0.3 is 12.0 Å². The van der Waals surface area contributed by atoms with Crippen molar-refractivity contribution in [1.29, 1.82) is 0 Å². The Morgan fingerprint density at radius 1 is 1.32 bits per heavy atom.